The molecule has 0 aromatic heterocycles. The van der Waals surface area contributed by atoms with Crippen LogP contribution in [0.3, 0.4) is 0 Å². The predicted molar refractivity (Wildman–Crippen MR) is 75.6 cm³/mol. The first-order valence-corrected chi connectivity index (χ1v) is 7.11. The van der Waals surface area contributed by atoms with E-state index >= 15 is 0 Å². The van der Waals surface area contributed by atoms with Crippen molar-refractivity contribution in [3.05, 3.63) is 0 Å². The van der Waals surface area contributed by atoms with Crippen LogP contribution in [0.5, 0.6) is 0 Å². The topological polar surface area (TPSA) is 76.2 Å². The summed E-state index contributed by atoms with van der Waals surface area (Å²) in [5, 5.41) is 0. The second kappa shape index (κ2) is 6.78. The summed E-state index contributed by atoms with van der Waals surface area (Å²) in [6.07, 6.45) is -0.404. The van der Waals surface area contributed by atoms with Crippen molar-refractivity contribution in [2.45, 2.75) is 46.3 Å². The Hall–Kier alpha value is -1.79. The molecule has 1 saturated heterocycles. The zero-order chi connectivity index (χ0) is 16.2. The van der Waals surface area contributed by atoms with Gasteiger partial charge in [0, 0.05) is 25.7 Å². The Bertz CT molecular complexity index is 416. The number of carbonyl (C=O) groups excluding carboxylic acids is 3. The third-order valence-electron chi connectivity index (χ3n) is 2.99. The number of amides is 2. The van der Waals surface area contributed by atoms with Gasteiger partial charge in [0.05, 0.1) is 6.61 Å². The number of hydrogen-bond acceptors (Lipinski definition) is 5. The maximum Gasteiger partial charge on any atom is 0.410 e. The fourth-order valence-corrected chi connectivity index (χ4v) is 2.06. The zero-order valence-electron chi connectivity index (χ0n) is 13.3. The monoisotopic (exact) mass is 300 g/mol. The molecule has 0 spiro atoms. The Morgan fingerprint density at radius 3 is 2.29 bits per heavy atom. The summed E-state index contributed by atoms with van der Waals surface area (Å²) in [4.78, 5) is 38.3. The van der Waals surface area contributed by atoms with Crippen LogP contribution in [0.1, 0.15) is 34.6 Å². The summed E-state index contributed by atoms with van der Waals surface area (Å²) < 4.78 is 10.0. The fraction of sp³-hybridized carbons (Fsp3) is 0.786. The molecule has 1 heterocycles. The Balaban J connectivity index is 2.60. The zero-order valence-corrected chi connectivity index (χ0v) is 13.3. The smallest absolute Gasteiger partial charge is 0.410 e. The largest absolute Gasteiger partial charge is 0.459 e. The Morgan fingerprint density at radius 2 is 1.81 bits per heavy atom. The van der Waals surface area contributed by atoms with Crippen molar-refractivity contribution in [2.75, 3.05) is 26.2 Å². The van der Waals surface area contributed by atoms with E-state index in [-0.39, 0.29) is 19.2 Å². The molecule has 7 nitrogen and oxygen atoms in total. The second-order valence-corrected chi connectivity index (χ2v) is 5.99. The number of piperazine rings is 1. The minimum atomic E-state index is -0.851. The van der Waals surface area contributed by atoms with Crippen LogP contribution in [0.25, 0.3) is 0 Å². The van der Waals surface area contributed by atoms with Crippen LogP contribution >= 0.6 is 0 Å². The SMILES string of the molecule is CCOC(=O)C(=O)N1CCN(C(=O)OC(C)(C)C)[C@@H](C)C1. The number of ether oxygens (including phenoxy) is 2. The highest BCUT2D eigenvalue weighted by molar-refractivity contribution is 6.32. The minimum Gasteiger partial charge on any atom is -0.459 e. The van der Waals surface area contributed by atoms with E-state index in [0.29, 0.717) is 13.1 Å². The lowest BCUT2D eigenvalue weighted by atomic mass is 10.2. The Labute approximate surface area is 125 Å². The van der Waals surface area contributed by atoms with Gasteiger partial charge in [-0.15, -0.1) is 0 Å². The maximum atomic E-state index is 12.0. The van der Waals surface area contributed by atoms with Crippen LogP contribution in [0.15, 0.2) is 0 Å². The summed E-state index contributed by atoms with van der Waals surface area (Å²) in [6.45, 7) is 9.95. The molecule has 120 valence electrons. The lowest BCUT2D eigenvalue weighted by molar-refractivity contribution is -0.161. The van der Waals surface area contributed by atoms with Gasteiger partial charge in [-0.05, 0) is 34.6 Å². The highest BCUT2D eigenvalue weighted by Crippen LogP contribution is 2.15. The van der Waals surface area contributed by atoms with E-state index in [0.717, 1.165) is 0 Å². The van der Waals surface area contributed by atoms with E-state index < -0.39 is 23.6 Å². The first-order valence-electron chi connectivity index (χ1n) is 7.11. The third-order valence-corrected chi connectivity index (χ3v) is 2.99. The quantitative estimate of drug-likeness (QED) is 0.534. The molecule has 21 heavy (non-hydrogen) atoms. The second-order valence-electron chi connectivity index (χ2n) is 5.99. The van der Waals surface area contributed by atoms with Crippen LogP contribution in [-0.4, -0.2) is 65.7 Å². The van der Waals surface area contributed by atoms with Crippen LogP contribution < -0.4 is 0 Å². The standard InChI is InChI=1S/C14H24N2O5/c1-6-20-12(18)11(17)15-7-8-16(10(2)9-15)13(19)21-14(3,4)5/h10H,6-9H2,1-5H3/t10-/m0/s1. The van der Waals surface area contributed by atoms with Crippen LogP contribution in [0.2, 0.25) is 0 Å². The Kier molecular flexibility index (Phi) is 5.57. The molecule has 7 heteroatoms. The van der Waals surface area contributed by atoms with E-state index in [9.17, 15) is 14.4 Å². The molecule has 2 amide bonds. The molecule has 0 unspecified atom stereocenters. The number of esters is 1. The number of rotatable bonds is 1. The van der Waals surface area contributed by atoms with Crippen LogP contribution in [0, 0.1) is 0 Å². The van der Waals surface area contributed by atoms with E-state index in [1.807, 2.05) is 6.92 Å². The van der Waals surface area contributed by atoms with Crippen LogP contribution in [-0.2, 0) is 19.1 Å². The van der Waals surface area contributed by atoms with Gasteiger partial charge in [-0.1, -0.05) is 0 Å². The molecule has 1 aliphatic heterocycles. The van der Waals surface area contributed by atoms with Gasteiger partial charge in [-0.2, -0.15) is 0 Å². The van der Waals surface area contributed by atoms with Crippen molar-refractivity contribution < 1.29 is 23.9 Å². The normalized spacial score (nSPS) is 19.2. The van der Waals surface area contributed by atoms with Crippen molar-refractivity contribution in [3.8, 4) is 0 Å². The molecule has 0 saturated carbocycles. The van der Waals surface area contributed by atoms with Gasteiger partial charge in [0.1, 0.15) is 5.60 Å². The van der Waals surface area contributed by atoms with Gasteiger partial charge >= 0.3 is 18.0 Å². The van der Waals surface area contributed by atoms with Crippen molar-refractivity contribution in [1.82, 2.24) is 9.80 Å². The molecule has 0 aromatic carbocycles. The molecule has 0 radical (unpaired) electrons. The number of nitrogens with zero attached hydrogens (tertiary/aromatic N) is 2. The summed E-state index contributed by atoms with van der Waals surface area (Å²) in [5.74, 6) is -1.51. The molecule has 1 fully saturated rings. The average molecular weight is 300 g/mol. The lowest BCUT2D eigenvalue weighted by Crippen LogP contribution is -2.57. The maximum absolute atomic E-state index is 12.0. The third kappa shape index (κ3) is 4.91. The van der Waals surface area contributed by atoms with Crippen molar-refractivity contribution in [2.24, 2.45) is 0 Å². The minimum absolute atomic E-state index is 0.165. The van der Waals surface area contributed by atoms with Crippen molar-refractivity contribution in [1.29, 1.82) is 0 Å². The van der Waals surface area contributed by atoms with Gasteiger partial charge in [-0.3, -0.25) is 4.79 Å². The van der Waals surface area contributed by atoms with Gasteiger partial charge in [0.25, 0.3) is 0 Å². The summed E-state index contributed by atoms with van der Waals surface area (Å²) in [5.41, 5.74) is -0.561. The first-order chi connectivity index (χ1) is 9.65. The molecule has 0 aromatic rings. The van der Waals surface area contributed by atoms with Gasteiger partial charge < -0.3 is 19.3 Å². The highest BCUT2D eigenvalue weighted by atomic mass is 16.6. The molecule has 0 aliphatic carbocycles. The molecule has 0 bridgehead atoms. The van der Waals surface area contributed by atoms with E-state index in [2.05, 4.69) is 0 Å². The number of hydrogen-bond donors (Lipinski definition) is 0. The predicted octanol–water partition coefficient (Wildman–Crippen LogP) is 1.02. The fourth-order valence-electron chi connectivity index (χ4n) is 2.06. The molecule has 1 atom stereocenters. The number of carbonyl (C=O) groups is 3. The van der Waals surface area contributed by atoms with Gasteiger partial charge in [0.15, 0.2) is 0 Å². The van der Waals surface area contributed by atoms with Crippen LogP contribution in [0.4, 0.5) is 4.79 Å². The molecule has 1 aliphatic rings. The molecular weight excluding hydrogens is 276 g/mol. The summed E-state index contributed by atoms with van der Waals surface area (Å²) in [6, 6.07) is -0.216. The summed E-state index contributed by atoms with van der Waals surface area (Å²) in [7, 11) is 0. The molecule has 0 N–H and O–H groups in total. The van der Waals surface area contributed by atoms with Crippen molar-refractivity contribution >= 4 is 18.0 Å². The Morgan fingerprint density at radius 1 is 1.19 bits per heavy atom. The molecular formula is C14H24N2O5. The van der Waals surface area contributed by atoms with E-state index in [1.165, 1.54) is 4.90 Å². The van der Waals surface area contributed by atoms with E-state index in [4.69, 9.17) is 9.47 Å². The molecule has 1 rings (SSSR count). The van der Waals surface area contributed by atoms with Gasteiger partial charge in [0.2, 0.25) is 0 Å². The highest BCUT2D eigenvalue weighted by Gasteiger charge is 2.34. The lowest BCUT2D eigenvalue weighted by Gasteiger charge is -2.39. The van der Waals surface area contributed by atoms with Crippen molar-refractivity contribution in [3.63, 3.8) is 0 Å². The average Bonchev–Trinajstić information content (AvgIpc) is 2.35. The van der Waals surface area contributed by atoms with E-state index in [1.54, 1.807) is 32.6 Å². The first kappa shape index (κ1) is 17.3. The summed E-state index contributed by atoms with van der Waals surface area (Å²) >= 11 is 0. The van der Waals surface area contributed by atoms with Gasteiger partial charge in [-0.25, -0.2) is 9.59 Å².